The van der Waals surface area contributed by atoms with Crippen molar-refractivity contribution in [3.8, 4) is 27.6 Å². The van der Waals surface area contributed by atoms with Crippen molar-refractivity contribution in [3.05, 3.63) is 53.7 Å². The van der Waals surface area contributed by atoms with E-state index in [4.69, 9.17) is 0 Å². The van der Waals surface area contributed by atoms with Gasteiger partial charge in [-0.15, -0.1) is 11.3 Å². The lowest BCUT2D eigenvalue weighted by Gasteiger charge is -2.01. The minimum absolute atomic E-state index is 0.260. The number of pyridine rings is 1. The van der Waals surface area contributed by atoms with Crippen LogP contribution in [0.2, 0.25) is 0 Å². The lowest BCUT2D eigenvalue weighted by molar-refractivity contribution is 0.475. The quantitative estimate of drug-likeness (QED) is 0.769. The molecule has 0 radical (unpaired) electrons. The zero-order valence-corrected chi connectivity index (χ0v) is 12.6. The van der Waals surface area contributed by atoms with Crippen molar-refractivity contribution in [1.82, 2.24) is 9.97 Å². The zero-order valence-electron chi connectivity index (χ0n) is 11.8. The van der Waals surface area contributed by atoms with Crippen molar-refractivity contribution >= 4 is 11.3 Å². The molecule has 0 amide bonds. The highest BCUT2D eigenvalue weighted by Gasteiger charge is 2.08. The first-order valence-corrected chi connectivity index (χ1v) is 7.84. The Labute approximate surface area is 128 Å². The van der Waals surface area contributed by atoms with Gasteiger partial charge < -0.3 is 5.11 Å². The predicted octanol–water partition coefficient (Wildman–Crippen LogP) is 4.53. The Kier molecular flexibility index (Phi) is 3.97. The van der Waals surface area contributed by atoms with E-state index >= 15 is 0 Å². The molecule has 3 rings (SSSR count). The van der Waals surface area contributed by atoms with E-state index in [9.17, 15) is 5.11 Å². The second kappa shape index (κ2) is 6.06. The number of benzene rings is 1. The second-order valence-corrected chi connectivity index (χ2v) is 5.73. The largest absolute Gasteiger partial charge is 0.508 e. The van der Waals surface area contributed by atoms with Crippen molar-refractivity contribution in [2.24, 2.45) is 0 Å². The van der Waals surface area contributed by atoms with Gasteiger partial charge in [0.15, 0.2) is 0 Å². The van der Waals surface area contributed by atoms with Crippen LogP contribution in [-0.2, 0) is 6.42 Å². The van der Waals surface area contributed by atoms with Crippen LogP contribution in [0.1, 0.15) is 19.0 Å². The van der Waals surface area contributed by atoms with Crippen molar-refractivity contribution in [3.63, 3.8) is 0 Å². The Balaban J connectivity index is 1.93. The van der Waals surface area contributed by atoms with Gasteiger partial charge in [0.2, 0.25) is 0 Å². The SMILES string of the molecule is CCCc1cc(-c2nc(-c3cccc(O)c3)cs2)ccn1. The number of phenols is 1. The summed E-state index contributed by atoms with van der Waals surface area (Å²) in [6, 6.07) is 11.3. The molecule has 4 heteroatoms. The topological polar surface area (TPSA) is 46.0 Å². The average Bonchev–Trinajstić information content (AvgIpc) is 2.98. The number of aryl methyl sites for hydroxylation is 1. The molecule has 0 aliphatic heterocycles. The third kappa shape index (κ3) is 3.11. The Hall–Kier alpha value is -2.20. The third-order valence-corrected chi connectivity index (χ3v) is 4.11. The molecule has 1 N–H and O–H groups in total. The minimum atomic E-state index is 0.260. The summed E-state index contributed by atoms with van der Waals surface area (Å²) in [6.45, 7) is 2.15. The molecule has 0 atom stereocenters. The van der Waals surface area contributed by atoms with E-state index in [1.807, 2.05) is 29.8 Å². The van der Waals surface area contributed by atoms with E-state index in [0.717, 1.165) is 40.4 Å². The maximum absolute atomic E-state index is 9.56. The van der Waals surface area contributed by atoms with Crippen LogP contribution in [0, 0.1) is 0 Å². The molecule has 1 aromatic carbocycles. The van der Waals surface area contributed by atoms with Gasteiger partial charge in [0.05, 0.1) is 5.69 Å². The first-order chi connectivity index (χ1) is 10.3. The minimum Gasteiger partial charge on any atom is -0.508 e. The van der Waals surface area contributed by atoms with Gasteiger partial charge in [-0.25, -0.2) is 4.98 Å². The first kappa shape index (κ1) is 13.8. The number of rotatable bonds is 4. The highest BCUT2D eigenvalue weighted by molar-refractivity contribution is 7.13. The Morgan fingerprint density at radius 3 is 2.86 bits per heavy atom. The highest BCUT2D eigenvalue weighted by atomic mass is 32.1. The van der Waals surface area contributed by atoms with Gasteiger partial charge >= 0.3 is 0 Å². The maximum Gasteiger partial charge on any atom is 0.124 e. The maximum atomic E-state index is 9.56. The van der Waals surface area contributed by atoms with Crippen LogP contribution in [0.15, 0.2) is 48.0 Å². The second-order valence-electron chi connectivity index (χ2n) is 4.87. The summed E-state index contributed by atoms with van der Waals surface area (Å²) >= 11 is 1.61. The van der Waals surface area contributed by atoms with E-state index in [-0.39, 0.29) is 5.75 Å². The summed E-state index contributed by atoms with van der Waals surface area (Å²) in [5.74, 6) is 0.260. The molecule has 0 aliphatic carbocycles. The van der Waals surface area contributed by atoms with Gasteiger partial charge in [-0.3, -0.25) is 4.98 Å². The molecule has 21 heavy (non-hydrogen) atoms. The summed E-state index contributed by atoms with van der Waals surface area (Å²) < 4.78 is 0. The Bertz CT molecular complexity index is 752. The molecular formula is C17H16N2OS. The molecular weight excluding hydrogens is 280 g/mol. The van der Waals surface area contributed by atoms with E-state index in [0.29, 0.717) is 0 Å². The molecule has 3 aromatic rings. The smallest absolute Gasteiger partial charge is 0.124 e. The van der Waals surface area contributed by atoms with Gasteiger partial charge in [-0.05, 0) is 30.7 Å². The van der Waals surface area contributed by atoms with Crippen LogP contribution >= 0.6 is 11.3 Å². The highest BCUT2D eigenvalue weighted by Crippen LogP contribution is 2.30. The molecule has 0 fully saturated rings. The lowest BCUT2D eigenvalue weighted by Crippen LogP contribution is -1.89. The molecule has 0 aliphatic rings. The number of hydrogen-bond donors (Lipinski definition) is 1. The zero-order chi connectivity index (χ0) is 14.7. The fourth-order valence-electron chi connectivity index (χ4n) is 2.21. The summed E-state index contributed by atoms with van der Waals surface area (Å²) in [5, 5.41) is 12.6. The average molecular weight is 296 g/mol. The van der Waals surface area contributed by atoms with Crippen molar-refractivity contribution in [2.75, 3.05) is 0 Å². The van der Waals surface area contributed by atoms with Crippen LogP contribution in [0.5, 0.6) is 5.75 Å². The number of hydrogen-bond acceptors (Lipinski definition) is 4. The molecule has 106 valence electrons. The summed E-state index contributed by atoms with van der Waals surface area (Å²) in [7, 11) is 0. The predicted molar refractivity (Wildman–Crippen MR) is 86.4 cm³/mol. The molecule has 0 saturated heterocycles. The van der Waals surface area contributed by atoms with Crippen molar-refractivity contribution in [1.29, 1.82) is 0 Å². The Morgan fingerprint density at radius 1 is 1.14 bits per heavy atom. The molecule has 0 unspecified atom stereocenters. The van der Waals surface area contributed by atoms with Crippen LogP contribution in [0.25, 0.3) is 21.8 Å². The van der Waals surface area contributed by atoms with E-state index in [1.165, 1.54) is 0 Å². The van der Waals surface area contributed by atoms with Crippen LogP contribution in [0.3, 0.4) is 0 Å². The number of nitrogens with zero attached hydrogens (tertiary/aromatic N) is 2. The third-order valence-electron chi connectivity index (χ3n) is 3.22. The van der Waals surface area contributed by atoms with Crippen LogP contribution in [0.4, 0.5) is 0 Å². The van der Waals surface area contributed by atoms with E-state index in [2.05, 4.69) is 23.0 Å². The molecule has 0 bridgehead atoms. The first-order valence-electron chi connectivity index (χ1n) is 6.96. The fraction of sp³-hybridized carbons (Fsp3) is 0.176. The molecule has 2 heterocycles. The fourth-order valence-corrected chi connectivity index (χ4v) is 3.03. The van der Waals surface area contributed by atoms with E-state index in [1.54, 1.807) is 23.5 Å². The monoisotopic (exact) mass is 296 g/mol. The van der Waals surface area contributed by atoms with Crippen LogP contribution < -0.4 is 0 Å². The summed E-state index contributed by atoms with van der Waals surface area (Å²) in [4.78, 5) is 9.05. The van der Waals surface area contributed by atoms with E-state index < -0.39 is 0 Å². The molecule has 0 spiro atoms. The van der Waals surface area contributed by atoms with Gasteiger partial charge in [0.1, 0.15) is 10.8 Å². The molecule has 0 saturated carbocycles. The number of phenolic OH excluding ortho intramolecular Hbond substituents is 1. The van der Waals surface area contributed by atoms with Crippen LogP contribution in [-0.4, -0.2) is 15.1 Å². The normalized spacial score (nSPS) is 10.7. The van der Waals surface area contributed by atoms with Gasteiger partial charge in [-0.1, -0.05) is 25.5 Å². The van der Waals surface area contributed by atoms with Gasteiger partial charge in [0.25, 0.3) is 0 Å². The standard InChI is InChI=1S/C17H16N2OS/c1-2-4-14-9-13(7-8-18-14)17-19-16(11-21-17)12-5-3-6-15(20)10-12/h3,5-11,20H,2,4H2,1H3. The van der Waals surface area contributed by atoms with Crippen molar-refractivity contribution in [2.45, 2.75) is 19.8 Å². The number of thiazole rings is 1. The van der Waals surface area contributed by atoms with Gasteiger partial charge in [-0.2, -0.15) is 0 Å². The molecule has 3 nitrogen and oxygen atoms in total. The number of aromatic nitrogens is 2. The summed E-state index contributed by atoms with van der Waals surface area (Å²) in [5.41, 5.74) is 4.02. The van der Waals surface area contributed by atoms with Gasteiger partial charge in [0, 0.05) is 28.4 Å². The Morgan fingerprint density at radius 2 is 2.05 bits per heavy atom. The summed E-state index contributed by atoms with van der Waals surface area (Å²) in [6.07, 6.45) is 3.91. The van der Waals surface area contributed by atoms with Crippen molar-refractivity contribution < 1.29 is 5.11 Å². The lowest BCUT2D eigenvalue weighted by atomic mass is 10.1. The number of aromatic hydroxyl groups is 1. The molecule has 2 aromatic heterocycles.